The minimum Gasteiger partial charge on any atom is -0.378 e. The summed E-state index contributed by atoms with van der Waals surface area (Å²) in [4.78, 5) is 6.62. The number of aromatic nitrogens is 3. The van der Waals surface area contributed by atoms with Crippen molar-refractivity contribution in [3.05, 3.63) is 41.5 Å². The summed E-state index contributed by atoms with van der Waals surface area (Å²) < 4.78 is 29.5. The minimum atomic E-state index is -3.33. The third-order valence-corrected chi connectivity index (χ3v) is 5.25. The Labute approximate surface area is 135 Å². The predicted molar refractivity (Wildman–Crippen MR) is 84.6 cm³/mol. The van der Waals surface area contributed by atoms with Crippen molar-refractivity contribution < 1.29 is 13.2 Å². The van der Waals surface area contributed by atoms with Crippen molar-refractivity contribution in [3.63, 3.8) is 0 Å². The molecule has 0 aromatic carbocycles. The highest BCUT2D eigenvalue weighted by Gasteiger charge is 2.30. The lowest BCUT2D eigenvalue weighted by atomic mass is 10.1. The molecule has 0 spiro atoms. The third kappa shape index (κ3) is 3.44. The van der Waals surface area contributed by atoms with Gasteiger partial charge in [-0.15, -0.1) is 0 Å². The highest BCUT2D eigenvalue weighted by atomic mass is 32.2. The Kier molecular flexibility index (Phi) is 4.47. The molecule has 124 valence electrons. The maximum absolute atomic E-state index is 11.9. The molecule has 1 unspecified atom stereocenters. The van der Waals surface area contributed by atoms with Crippen LogP contribution in [-0.2, 0) is 21.1 Å². The van der Waals surface area contributed by atoms with E-state index in [0.29, 0.717) is 25.5 Å². The van der Waals surface area contributed by atoms with Crippen LogP contribution in [-0.4, -0.2) is 54.5 Å². The number of hydrogen-bond donors (Lipinski definition) is 1. The molecule has 8 heteroatoms. The monoisotopic (exact) mass is 336 g/mol. The van der Waals surface area contributed by atoms with Crippen LogP contribution in [0.4, 0.5) is 0 Å². The smallest absolute Gasteiger partial charge is 0.178 e. The Hall–Kier alpha value is -1.77. The van der Waals surface area contributed by atoms with Gasteiger partial charge >= 0.3 is 0 Å². The van der Waals surface area contributed by atoms with Gasteiger partial charge in [0.15, 0.2) is 9.84 Å². The normalized spacial score (nSPS) is 19.8. The van der Waals surface area contributed by atoms with Crippen molar-refractivity contribution in [3.8, 4) is 0 Å². The standard InChI is InChI=1S/C15H20N4O3S/c1-11-3-4-16-7-12(11)9-19-5-6-22-10-13(19)15-14(8-17-18-15)23(2,20)21/h3-4,7-8,13H,5-6,9-10H2,1-2H3,(H,17,18). The number of hydrogen-bond acceptors (Lipinski definition) is 6. The lowest BCUT2D eigenvalue weighted by Crippen LogP contribution is -2.39. The molecule has 0 radical (unpaired) electrons. The van der Waals surface area contributed by atoms with E-state index in [1.165, 1.54) is 12.5 Å². The molecule has 0 bridgehead atoms. The fourth-order valence-electron chi connectivity index (χ4n) is 2.79. The Morgan fingerprint density at radius 1 is 1.43 bits per heavy atom. The molecular weight excluding hydrogens is 316 g/mol. The van der Waals surface area contributed by atoms with E-state index < -0.39 is 9.84 Å². The summed E-state index contributed by atoms with van der Waals surface area (Å²) in [5.41, 5.74) is 2.88. The van der Waals surface area contributed by atoms with Gasteiger partial charge in [-0.1, -0.05) is 0 Å². The Morgan fingerprint density at radius 3 is 3.00 bits per heavy atom. The zero-order chi connectivity index (χ0) is 16.4. The lowest BCUT2D eigenvalue weighted by Gasteiger charge is -2.35. The quantitative estimate of drug-likeness (QED) is 0.899. The van der Waals surface area contributed by atoms with E-state index in [0.717, 1.165) is 17.7 Å². The SMILES string of the molecule is Cc1ccncc1CN1CCOCC1c1[nH]ncc1S(C)(=O)=O. The second-order valence-corrected chi connectivity index (χ2v) is 7.77. The fraction of sp³-hybridized carbons (Fsp3) is 0.467. The fourth-order valence-corrected chi connectivity index (χ4v) is 3.62. The summed E-state index contributed by atoms with van der Waals surface area (Å²) in [5, 5.41) is 6.77. The van der Waals surface area contributed by atoms with E-state index in [9.17, 15) is 8.42 Å². The molecule has 0 saturated carbocycles. The van der Waals surface area contributed by atoms with Gasteiger partial charge in [0.2, 0.25) is 0 Å². The van der Waals surface area contributed by atoms with Crippen LogP contribution in [0.2, 0.25) is 0 Å². The highest BCUT2D eigenvalue weighted by Crippen LogP contribution is 2.29. The van der Waals surface area contributed by atoms with Crippen LogP contribution in [0.5, 0.6) is 0 Å². The van der Waals surface area contributed by atoms with E-state index in [2.05, 4.69) is 20.1 Å². The topological polar surface area (TPSA) is 88.2 Å². The largest absolute Gasteiger partial charge is 0.378 e. The number of aromatic amines is 1. The zero-order valence-electron chi connectivity index (χ0n) is 13.2. The van der Waals surface area contributed by atoms with Gasteiger partial charge in [-0.3, -0.25) is 15.0 Å². The number of morpholine rings is 1. The first kappa shape index (κ1) is 16.1. The van der Waals surface area contributed by atoms with E-state index in [1.807, 2.05) is 19.2 Å². The number of sulfone groups is 1. The number of nitrogens with zero attached hydrogens (tertiary/aromatic N) is 3. The van der Waals surface area contributed by atoms with E-state index in [4.69, 9.17) is 4.74 Å². The van der Waals surface area contributed by atoms with Crippen LogP contribution in [0.3, 0.4) is 0 Å². The molecule has 7 nitrogen and oxygen atoms in total. The molecular formula is C15H20N4O3S. The molecule has 2 aromatic heterocycles. The lowest BCUT2D eigenvalue weighted by molar-refractivity contribution is -0.0153. The number of H-pyrrole nitrogens is 1. The van der Waals surface area contributed by atoms with Crippen LogP contribution >= 0.6 is 0 Å². The predicted octanol–water partition coefficient (Wildman–Crippen LogP) is 1.09. The van der Waals surface area contributed by atoms with Gasteiger partial charge in [-0.05, 0) is 24.1 Å². The van der Waals surface area contributed by atoms with Crippen molar-refractivity contribution in [1.29, 1.82) is 0 Å². The molecule has 0 amide bonds. The summed E-state index contributed by atoms with van der Waals surface area (Å²) in [6, 6.07) is 1.80. The molecule has 23 heavy (non-hydrogen) atoms. The molecule has 1 N–H and O–H groups in total. The molecule has 3 rings (SSSR count). The van der Waals surface area contributed by atoms with E-state index in [1.54, 1.807) is 6.20 Å². The summed E-state index contributed by atoms with van der Waals surface area (Å²) in [7, 11) is -3.33. The maximum Gasteiger partial charge on any atom is 0.178 e. The molecule has 1 saturated heterocycles. The van der Waals surface area contributed by atoms with Gasteiger partial charge in [0.05, 0.1) is 31.1 Å². The Balaban J connectivity index is 1.91. The van der Waals surface area contributed by atoms with Crippen molar-refractivity contribution in [2.24, 2.45) is 0 Å². The van der Waals surface area contributed by atoms with Crippen LogP contribution in [0.1, 0.15) is 22.9 Å². The number of rotatable bonds is 4. The maximum atomic E-state index is 11.9. The Bertz CT molecular complexity index is 788. The summed E-state index contributed by atoms with van der Waals surface area (Å²) in [5.74, 6) is 0. The average Bonchev–Trinajstić information content (AvgIpc) is 3.00. The van der Waals surface area contributed by atoms with Crippen LogP contribution in [0, 0.1) is 6.92 Å². The number of ether oxygens (including phenoxy) is 1. The average molecular weight is 336 g/mol. The molecule has 2 aromatic rings. The van der Waals surface area contributed by atoms with E-state index >= 15 is 0 Å². The second-order valence-electron chi connectivity index (χ2n) is 5.78. The van der Waals surface area contributed by atoms with Crippen molar-refractivity contribution >= 4 is 9.84 Å². The van der Waals surface area contributed by atoms with Gasteiger partial charge in [0.25, 0.3) is 0 Å². The van der Waals surface area contributed by atoms with Crippen molar-refractivity contribution in [1.82, 2.24) is 20.1 Å². The van der Waals surface area contributed by atoms with Crippen LogP contribution < -0.4 is 0 Å². The summed E-state index contributed by atoms with van der Waals surface area (Å²) in [6.07, 6.45) is 6.19. The number of pyridine rings is 1. The van der Waals surface area contributed by atoms with Crippen molar-refractivity contribution in [2.75, 3.05) is 26.0 Å². The van der Waals surface area contributed by atoms with Crippen LogP contribution in [0.25, 0.3) is 0 Å². The molecule has 0 aliphatic carbocycles. The minimum absolute atomic E-state index is 0.171. The first-order valence-corrected chi connectivity index (χ1v) is 9.30. The number of nitrogens with one attached hydrogen (secondary N) is 1. The molecule has 1 atom stereocenters. The Morgan fingerprint density at radius 2 is 2.26 bits per heavy atom. The van der Waals surface area contributed by atoms with Gasteiger partial charge in [-0.25, -0.2) is 8.42 Å². The molecule has 3 heterocycles. The molecule has 1 aliphatic rings. The first-order valence-electron chi connectivity index (χ1n) is 7.41. The van der Waals surface area contributed by atoms with Gasteiger partial charge in [-0.2, -0.15) is 5.10 Å². The van der Waals surface area contributed by atoms with Gasteiger partial charge in [0, 0.05) is 31.7 Å². The summed E-state index contributed by atoms with van der Waals surface area (Å²) >= 11 is 0. The number of aryl methyl sites for hydroxylation is 1. The second kappa shape index (κ2) is 6.38. The van der Waals surface area contributed by atoms with Gasteiger partial charge in [0.1, 0.15) is 4.90 Å². The first-order chi connectivity index (χ1) is 11.0. The molecule has 1 fully saturated rings. The van der Waals surface area contributed by atoms with Crippen LogP contribution in [0.15, 0.2) is 29.6 Å². The zero-order valence-corrected chi connectivity index (χ0v) is 14.0. The third-order valence-electron chi connectivity index (χ3n) is 4.13. The summed E-state index contributed by atoms with van der Waals surface area (Å²) in [6.45, 7) is 4.52. The van der Waals surface area contributed by atoms with Crippen molar-refractivity contribution in [2.45, 2.75) is 24.4 Å². The highest BCUT2D eigenvalue weighted by molar-refractivity contribution is 7.90. The molecule has 1 aliphatic heterocycles. The van der Waals surface area contributed by atoms with E-state index in [-0.39, 0.29) is 10.9 Å². The van der Waals surface area contributed by atoms with Gasteiger partial charge < -0.3 is 4.74 Å².